The monoisotopic (exact) mass is 281 g/mol. The highest BCUT2D eigenvalue weighted by Gasteiger charge is 2.16. The van der Waals surface area contributed by atoms with Crippen LogP contribution in [0.2, 0.25) is 0 Å². The number of rotatable bonds is 6. The summed E-state index contributed by atoms with van der Waals surface area (Å²) in [5.41, 5.74) is 0.952. The Morgan fingerprint density at radius 1 is 1.25 bits per heavy atom. The van der Waals surface area contributed by atoms with Crippen molar-refractivity contribution < 1.29 is 14.2 Å². The van der Waals surface area contributed by atoms with Crippen LogP contribution < -0.4 is 10.2 Å². The van der Waals surface area contributed by atoms with Crippen molar-refractivity contribution in [3.8, 4) is 0 Å². The predicted molar refractivity (Wildman–Crippen MR) is 78.2 cm³/mol. The summed E-state index contributed by atoms with van der Waals surface area (Å²) in [6.45, 7) is 5.33. The van der Waals surface area contributed by atoms with Crippen molar-refractivity contribution in [2.24, 2.45) is 0 Å². The van der Waals surface area contributed by atoms with Crippen LogP contribution in [0.25, 0.3) is 0 Å². The lowest BCUT2D eigenvalue weighted by molar-refractivity contribution is -0.109. The van der Waals surface area contributed by atoms with E-state index in [4.69, 9.17) is 14.2 Å². The molecule has 2 rings (SSSR count). The Hall–Kier alpha value is -1.37. The van der Waals surface area contributed by atoms with Gasteiger partial charge in [-0.15, -0.1) is 0 Å². The number of morpholine rings is 1. The van der Waals surface area contributed by atoms with Crippen molar-refractivity contribution in [2.45, 2.75) is 19.3 Å². The normalized spacial score (nSPS) is 17.3. The number of hydrogen-bond donors (Lipinski definition) is 1. The van der Waals surface area contributed by atoms with E-state index in [-0.39, 0.29) is 12.3 Å². The second-order valence-electron chi connectivity index (χ2n) is 4.78. The van der Waals surface area contributed by atoms with Gasteiger partial charge in [-0.1, -0.05) is 0 Å². The average Bonchev–Trinajstić information content (AvgIpc) is 2.50. The molecule has 1 saturated heterocycles. The third-order valence-electron chi connectivity index (χ3n) is 3.35. The molecule has 1 aromatic heterocycles. The molecule has 1 aromatic rings. The second-order valence-corrected chi connectivity index (χ2v) is 4.78. The molecule has 2 heterocycles. The van der Waals surface area contributed by atoms with E-state index in [2.05, 4.69) is 15.2 Å². The van der Waals surface area contributed by atoms with E-state index in [1.807, 2.05) is 25.3 Å². The topological polar surface area (TPSA) is 55.9 Å². The third-order valence-corrected chi connectivity index (χ3v) is 3.35. The van der Waals surface area contributed by atoms with Gasteiger partial charge in [-0.2, -0.15) is 0 Å². The van der Waals surface area contributed by atoms with Crippen LogP contribution in [0.1, 0.15) is 6.92 Å². The molecule has 0 bridgehead atoms. The Labute approximate surface area is 120 Å². The lowest BCUT2D eigenvalue weighted by Crippen LogP contribution is -2.36. The Kier molecular flexibility index (Phi) is 5.58. The maximum absolute atomic E-state index is 5.34. The number of hydrogen-bond acceptors (Lipinski definition) is 6. The number of pyridine rings is 1. The molecule has 0 amide bonds. The molecule has 1 atom stereocenters. The van der Waals surface area contributed by atoms with Gasteiger partial charge < -0.3 is 24.4 Å². The van der Waals surface area contributed by atoms with Crippen molar-refractivity contribution in [2.75, 3.05) is 50.7 Å². The van der Waals surface area contributed by atoms with Gasteiger partial charge >= 0.3 is 0 Å². The van der Waals surface area contributed by atoms with E-state index in [9.17, 15) is 0 Å². The summed E-state index contributed by atoms with van der Waals surface area (Å²) < 4.78 is 15.8. The Morgan fingerprint density at radius 3 is 2.50 bits per heavy atom. The van der Waals surface area contributed by atoms with Gasteiger partial charge in [0.2, 0.25) is 0 Å². The second kappa shape index (κ2) is 7.42. The van der Waals surface area contributed by atoms with Gasteiger partial charge in [-0.3, -0.25) is 0 Å². The van der Waals surface area contributed by atoms with E-state index in [0.717, 1.165) is 37.8 Å². The molecule has 1 N–H and O–H groups in total. The summed E-state index contributed by atoms with van der Waals surface area (Å²) in [5, 5.41) is 3.32. The summed E-state index contributed by atoms with van der Waals surface area (Å²) >= 11 is 0. The molecule has 0 saturated carbocycles. The maximum atomic E-state index is 5.34. The van der Waals surface area contributed by atoms with E-state index in [1.54, 1.807) is 14.2 Å². The standard InChI is InChI=1S/C14H23N3O3/c1-11(14(18-2)19-3)16-12-4-5-13(15-10-12)17-6-8-20-9-7-17/h4-5,10-11,14,16H,6-9H2,1-3H3. The van der Waals surface area contributed by atoms with Gasteiger partial charge in [0.05, 0.1) is 31.1 Å². The SMILES string of the molecule is COC(OC)C(C)Nc1ccc(N2CCOCC2)nc1. The molecule has 6 heteroatoms. The van der Waals surface area contributed by atoms with Crippen LogP contribution in [0.5, 0.6) is 0 Å². The molecule has 1 aliphatic rings. The third kappa shape index (κ3) is 3.82. The van der Waals surface area contributed by atoms with E-state index in [0.29, 0.717) is 0 Å². The summed E-state index contributed by atoms with van der Waals surface area (Å²) in [5.74, 6) is 0.988. The lowest BCUT2D eigenvalue weighted by atomic mass is 10.3. The molecule has 0 aromatic carbocycles. The van der Waals surface area contributed by atoms with Crippen LogP contribution in [0, 0.1) is 0 Å². The van der Waals surface area contributed by atoms with Crippen molar-refractivity contribution in [1.82, 2.24) is 4.98 Å². The highest BCUT2D eigenvalue weighted by atomic mass is 16.7. The van der Waals surface area contributed by atoms with Gasteiger partial charge in [0.1, 0.15) is 5.82 Å². The van der Waals surface area contributed by atoms with Crippen molar-refractivity contribution >= 4 is 11.5 Å². The number of nitrogens with zero attached hydrogens (tertiary/aromatic N) is 2. The molecule has 0 spiro atoms. The van der Waals surface area contributed by atoms with Crippen LogP contribution >= 0.6 is 0 Å². The molecule has 0 aliphatic carbocycles. The van der Waals surface area contributed by atoms with Crippen molar-refractivity contribution in [3.05, 3.63) is 18.3 Å². The number of nitrogens with one attached hydrogen (secondary N) is 1. The van der Waals surface area contributed by atoms with Gasteiger partial charge in [0, 0.05) is 27.3 Å². The minimum Gasteiger partial charge on any atom is -0.378 e. The molecular formula is C14H23N3O3. The largest absolute Gasteiger partial charge is 0.378 e. The molecule has 1 aliphatic heterocycles. The van der Waals surface area contributed by atoms with Crippen LogP contribution in [0.15, 0.2) is 18.3 Å². The van der Waals surface area contributed by atoms with Gasteiger partial charge in [-0.25, -0.2) is 4.98 Å². The number of methoxy groups -OCH3 is 2. The van der Waals surface area contributed by atoms with E-state index < -0.39 is 0 Å². The predicted octanol–water partition coefficient (Wildman–Crippen LogP) is 1.34. The first kappa shape index (κ1) is 15.0. The molecule has 112 valence electrons. The quantitative estimate of drug-likeness (QED) is 0.794. The zero-order valence-corrected chi connectivity index (χ0v) is 12.3. The summed E-state index contributed by atoms with van der Waals surface area (Å²) in [7, 11) is 3.26. The first-order valence-electron chi connectivity index (χ1n) is 6.85. The highest BCUT2D eigenvalue weighted by molar-refractivity contribution is 5.49. The van der Waals surface area contributed by atoms with Crippen molar-refractivity contribution in [3.63, 3.8) is 0 Å². The Morgan fingerprint density at radius 2 is 1.95 bits per heavy atom. The molecule has 1 fully saturated rings. The fourth-order valence-corrected chi connectivity index (χ4v) is 2.29. The number of aromatic nitrogens is 1. The Bertz CT molecular complexity index is 389. The Balaban J connectivity index is 1.93. The first-order chi connectivity index (χ1) is 9.74. The zero-order valence-electron chi connectivity index (χ0n) is 12.3. The molecule has 0 radical (unpaired) electrons. The molecule has 6 nitrogen and oxygen atoms in total. The van der Waals surface area contributed by atoms with Crippen LogP contribution in [0.4, 0.5) is 11.5 Å². The maximum Gasteiger partial charge on any atom is 0.176 e. The van der Waals surface area contributed by atoms with Gasteiger partial charge in [-0.05, 0) is 19.1 Å². The summed E-state index contributed by atoms with van der Waals surface area (Å²) in [6, 6.07) is 4.09. The van der Waals surface area contributed by atoms with E-state index in [1.165, 1.54) is 0 Å². The number of anilines is 2. The fraction of sp³-hybridized carbons (Fsp3) is 0.643. The first-order valence-corrected chi connectivity index (χ1v) is 6.85. The van der Waals surface area contributed by atoms with Gasteiger partial charge in [0.15, 0.2) is 6.29 Å². The smallest absolute Gasteiger partial charge is 0.176 e. The molecule has 20 heavy (non-hydrogen) atoms. The fourth-order valence-electron chi connectivity index (χ4n) is 2.29. The molecular weight excluding hydrogens is 258 g/mol. The summed E-state index contributed by atoms with van der Waals surface area (Å²) in [6.07, 6.45) is 1.55. The van der Waals surface area contributed by atoms with Gasteiger partial charge in [0.25, 0.3) is 0 Å². The van der Waals surface area contributed by atoms with E-state index >= 15 is 0 Å². The van der Waals surface area contributed by atoms with Crippen molar-refractivity contribution in [1.29, 1.82) is 0 Å². The minimum atomic E-state index is -0.283. The molecule has 1 unspecified atom stereocenters. The van der Waals surface area contributed by atoms with Crippen LogP contribution in [-0.2, 0) is 14.2 Å². The highest BCUT2D eigenvalue weighted by Crippen LogP contribution is 2.16. The van der Waals surface area contributed by atoms with Crippen LogP contribution in [-0.4, -0.2) is 57.8 Å². The van der Waals surface area contributed by atoms with Crippen LogP contribution in [0.3, 0.4) is 0 Å². The minimum absolute atomic E-state index is 0.0426. The number of ether oxygens (including phenoxy) is 3. The lowest BCUT2D eigenvalue weighted by Gasteiger charge is -2.28. The average molecular weight is 281 g/mol. The zero-order chi connectivity index (χ0) is 14.4. The summed E-state index contributed by atoms with van der Waals surface area (Å²) in [4.78, 5) is 6.72.